The highest BCUT2D eigenvalue weighted by atomic mass is 32.1. The second-order valence-electron chi connectivity index (χ2n) is 4.25. The highest BCUT2D eigenvalue weighted by Crippen LogP contribution is 2.25. The smallest absolute Gasteiger partial charge is 0.323 e. The Morgan fingerprint density at radius 3 is 2.81 bits per heavy atom. The van der Waals surface area contributed by atoms with Gasteiger partial charge in [0.05, 0.1) is 6.61 Å². The van der Waals surface area contributed by atoms with Gasteiger partial charge < -0.3 is 15.4 Å². The van der Waals surface area contributed by atoms with Crippen LogP contribution < -0.4 is 15.4 Å². The topological polar surface area (TPSA) is 72.0 Å². The van der Waals surface area contributed by atoms with Crippen molar-refractivity contribution in [2.24, 2.45) is 0 Å². The molecule has 7 heteroatoms. The Labute approximate surface area is 126 Å². The molecule has 0 saturated heterocycles. The zero-order chi connectivity index (χ0) is 14.7. The number of nitrogens with zero attached hydrogens (tertiary/aromatic N) is 3. The Hall–Kier alpha value is -2.41. The lowest BCUT2D eigenvalue weighted by molar-refractivity contribution is 0.312. The van der Waals surface area contributed by atoms with E-state index in [4.69, 9.17) is 4.74 Å². The van der Waals surface area contributed by atoms with Crippen LogP contribution in [0.15, 0.2) is 29.6 Å². The summed E-state index contributed by atoms with van der Waals surface area (Å²) in [5.74, 6) is 0.917. The van der Waals surface area contributed by atoms with E-state index in [2.05, 4.69) is 49.2 Å². The van der Waals surface area contributed by atoms with Gasteiger partial charge in [-0.15, -0.1) is 11.3 Å². The summed E-state index contributed by atoms with van der Waals surface area (Å²) < 4.78 is 6.60. The van der Waals surface area contributed by atoms with Gasteiger partial charge in [-0.1, -0.05) is 0 Å². The van der Waals surface area contributed by atoms with Crippen LogP contribution in [0.5, 0.6) is 6.01 Å². The molecule has 0 unspecified atom stereocenters. The summed E-state index contributed by atoms with van der Waals surface area (Å²) >= 11 is 1.72. The van der Waals surface area contributed by atoms with E-state index in [0.717, 1.165) is 5.69 Å². The number of fused-ring (bicyclic) bond motifs is 1. The van der Waals surface area contributed by atoms with E-state index >= 15 is 0 Å². The van der Waals surface area contributed by atoms with Crippen molar-refractivity contribution >= 4 is 39.0 Å². The minimum Gasteiger partial charge on any atom is -0.464 e. The van der Waals surface area contributed by atoms with Gasteiger partial charge in [-0.25, -0.2) is 0 Å². The lowest BCUT2D eigenvalue weighted by Crippen LogP contribution is -2.06. The third-order valence-corrected chi connectivity index (χ3v) is 3.72. The SMILES string of the molecule is CCOc1nc(NC)nc(Nc2ccc3sccc3c2)n1. The van der Waals surface area contributed by atoms with Crippen molar-refractivity contribution in [3.8, 4) is 6.01 Å². The molecule has 0 spiro atoms. The first-order valence-electron chi connectivity index (χ1n) is 6.59. The molecule has 21 heavy (non-hydrogen) atoms. The molecule has 0 amide bonds. The first kappa shape index (κ1) is 13.6. The third-order valence-electron chi connectivity index (χ3n) is 2.82. The molecular formula is C14H15N5OS. The number of thiophene rings is 1. The zero-order valence-corrected chi connectivity index (χ0v) is 12.6. The number of hydrogen-bond acceptors (Lipinski definition) is 7. The van der Waals surface area contributed by atoms with E-state index in [1.165, 1.54) is 10.1 Å². The molecule has 3 aromatic rings. The van der Waals surface area contributed by atoms with Crippen LogP contribution in [0.25, 0.3) is 10.1 Å². The Kier molecular flexibility index (Phi) is 3.83. The highest BCUT2D eigenvalue weighted by molar-refractivity contribution is 7.17. The normalized spacial score (nSPS) is 10.6. The second kappa shape index (κ2) is 5.92. The van der Waals surface area contributed by atoms with Gasteiger partial charge in [-0.05, 0) is 42.0 Å². The van der Waals surface area contributed by atoms with Crippen molar-refractivity contribution in [3.63, 3.8) is 0 Å². The van der Waals surface area contributed by atoms with Gasteiger partial charge in [0.25, 0.3) is 0 Å². The fraction of sp³-hybridized carbons (Fsp3) is 0.214. The third kappa shape index (κ3) is 3.03. The van der Waals surface area contributed by atoms with Crippen LogP contribution in [0.3, 0.4) is 0 Å². The van der Waals surface area contributed by atoms with Crippen LogP contribution in [0, 0.1) is 0 Å². The fourth-order valence-electron chi connectivity index (χ4n) is 1.89. The molecule has 1 aromatic carbocycles. The van der Waals surface area contributed by atoms with Gasteiger partial charge in [0.1, 0.15) is 0 Å². The molecule has 0 aliphatic heterocycles. The predicted molar refractivity (Wildman–Crippen MR) is 85.7 cm³/mol. The van der Waals surface area contributed by atoms with Gasteiger partial charge in [0.2, 0.25) is 11.9 Å². The van der Waals surface area contributed by atoms with Crippen molar-refractivity contribution < 1.29 is 4.74 Å². The molecule has 0 aliphatic rings. The Balaban J connectivity index is 1.90. The number of rotatable bonds is 5. The van der Waals surface area contributed by atoms with Gasteiger partial charge in [0, 0.05) is 17.4 Å². The lowest BCUT2D eigenvalue weighted by atomic mass is 10.2. The van der Waals surface area contributed by atoms with Gasteiger partial charge in [-0.3, -0.25) is 0 Å². The minimum absolute atomic E-state index is 0.302. The van der Waals surface area contributed by atoms with Gasteiger partial charge >= 0.3 is 6.01 Å². The monoisotopic (exact) mass is 301 g/mol. The van der Waals surface area contributed by atoms with Crippen LogP contribution in [0.4, 0.5) is 17.6 Å². The Bertz CT molecular complexity index is 758. The van der Waals surface area contributed by atoms with Gasteiger partial charge in [0.15, 0.2) is 0 Å². The first-order valence-corrected chi connectivity index (χ1v) is 7.47. The number of aromatic nitrogens is 3. The number of hydrogen-bond donors (Lipinski definition) is 2. The number of ether oxygens (including phenoxy) is 1. The molecule has 0 fully saturated rings. The quantitative estimate of drug-likeness (QED) is 0.753. The van der Waals surface area contributed by atoms with Crippen LogP contribution >= 0.6 is 11.3 Å². The van der Waals surface area contributed by atoms with E-state index in [9.17, 15) is 0 Å². The van der Waals surface area contributed by atoms with E-state index in [1.54, 1.807) is 18.4 Å². The summed E-state index contributed by atoms with van der Waals surface area (Å²) in [5.41, 5.74) is 0.927. The average Bonchev–Trinajstić information content (AvgIpc) is 2.95. The number of benzene rings is 1. The molecular weight excluding hydrogens is 286 g/mol. The average molecular weight is 301 g/mol. The summed E-state index contributed by atoms with van der Waals surface area (Å²) in [6.45, 7) is 2.40. The molecule has 2 heterocycles. The maximum absolute atomic E-state index is 5.34. The van der Waals surface area contributed by atoms with Crippen LogP contribution in [0.2, 0.25) is 0 Å². The number of nitrogens with one attached hydrogen (secondary N) is 2. The summed E-state index contributed by atoms with van der Waals surface area (Å²) in [4.78, 5) is 12.6. The maximum atomic E-state index is 5.34. The van der Waals surface area contributed by atoms with Crippen LogP contribution in [0.1, 0.15) is 6.92 Å². The van der Waals surface area contributed by atoms with E-state index in [1.807, 2.05) is 13.0 Å². The molecule has 2 aromatic heterocycles. The predicted octanol–water partition coefficient (Wildman–Crippen LogP) is 3.27. The van der Waals surface area contributed by atoms with E-state index in [-0.39, 0.29) is 0 Å². The Morgan fingerprint density at radius 2 is 2.00 bits per heavy atom. The zero-order valence-electron chi connectivity index (χ0n) is 11.8. The van der Waals surface area contributed by atoms with Gasteiger partial charge in [-0.2, -0.15) is 15.0 Å². The Morgan fingerprint density at radius 1 is 1.14 bits per heavy atom. The molecule has 3 rings (SSSR count). The molecule has 0 radical (unpaired) electrons. The first-order chi connectivity index (χ1) is 10.3. The molecule has 0 bridgehead atoms. The molecule has 108 valence electrons. The highest BCUT2D eigenvalue weighted by Gasteiger charge is 2.07. The summed E-state index contributed by atoms with van der Waals surface area (Å²) in [6, 6.07) is 8.53. The molecule has 0 saturated carbocycles. The van der Waals surface area contributed by atoms with Crippen LogP contribution in [-0.2, 0) is 0 Å². The van der Waals surface area contributed by atoms with Crippen molar-refractivity contribution in [2.75, 3.05) is 24.3 Å². The largest absolute Gasteiger partial charge is 0.464 e. The van der Waals surface area contributed by atoms with Crippen molar-refractivity contribution in [1.29, 1.82) is 0 Å². The van der Waals surface area contributed by atoms with Crippen molar-refractivity contribution in [1.82, 2.24) is 15.0 Å². The van der Waals surface area contributed by atoms with E-state index in [0.29, 0.717) is 24.5 Å². The molecule has 0 aliphatic carbocycles. The maximum Gasteiger partial charge on any atom is 0.323 e. The van der Waals surface area contributed by atoms with E-state index < -0.39 is 0 Å². The minimum atomic E-state index is 0.302. The van der Waals surface area contributed by atoms with Crippen molar-refractivity contribution in [2.45, 2.75) is 6.92 Å². The molecule has 2 N–H and O–H groups in total. The molecule has 0 atom stereocenters. The molecule has 6 nitrogen and oxygen atoms in total. The summed E-state index contributed by atoms with van der Waals surface area (Å²) in [7, 11) is 1.76. The number of anilines is 3. The van der Waals surface area contributed by atoms with Crippen LogP contribution in [-0.4, -0.2) is 28.6 Å². The standard InChI is InChI=1S/C14H15N5OS/c1-3-20-14-18-12(15-2)17-13(19-14)16-10-4-5-11-9(8-10)6-7-21-11/h4-8H,3H2,1-2H3,(H2,15,16,17,18,19). The van der Waals surface area contributed by atoms with Crippen molar-refractivity contribution in [3.05, 3.63) is 29.6 Å². The summed E-state index contributed by atoms with van der Waals surface area (Å²) in [6.07, 6.45) is 0. The second-order valence-corrected chi connectivity index (χ2v) is 5.19. The fourth-order valence-corrected chi connectivity index (χ4v) is 2.66. The lowest BCUT2D eigenvalue weighted by Gasteiger charge is -2.08. The summed E-state index contributed by atoms with van der Waals surface area (Å²) in [5, 5.41) is 9.34.